The second-order valence-corrected chi connectivity index (χ2v) is 5.21. The molecule has 1 saturated heterocycles. The van der Waals surface area contributed by atoms with E-state index in [0.29, 0.717) is 6.42 Å². The molecule has 0 radical (unpaired) electrons. The largest absolute Gasteiger partial charge is 0.493 e. The number of ether oxygens (including phenoxy) is 1. The van der Waals surface area contributed by atoms with Crippen LogP contribution in [0.5, 0.6) is 5.75 Å². The first-order valence-electron chi connectivity index (χ1n) is 7.07. The normalized spacial score (nSPS) is 22.3. The number of hydrogen-bond donors (Lipinski definition) is 1. The van der Waals surface area contributed by atoms with Gasteiger partial charge in [-0.15, -0.1) is 0 Å². The summed E-state index contributed by atoms with van der Waals surface area (Å²) in [6.45, 7) is 4.55. The highest BCUT2D eigenvalue weighted by molar-refractivity contribution is 5.96. The van der Waals surface area contributed by atoms with E-state index >= 15 is 0 Å². The Kier molecular flexibility index (Phi) is 3.42. The van der Waals surface area contributed by atoms with Gasteiger partial charge < -0.3 is 15.0 Å². The molecule has 1 N–H and O–H groups in total. The van der Waals surface area contributed by atoms with E-state index in [1.165, 1.54) is 5.56 Å². The molecule has 19 heavy (non-hydrogen) atoms. The van der Waals surface area contributed by atoms with Gasteiger partial charge in [0.25, 0.3) is 0 Å². The Balaban J connectivity index is 1.80. The van der Waals surface area contributed by atoms with Gasteiger partial charge in [-0.3, -0.25) is 4.79 Å². The van der Waals surface area contributed by atoms with Gasteiger partial charge in [0.2, 0.25) is 5.91 Å². The number of carbonyl (C=O) groups excluding carboxylic acids is 1. The molecular weight excluding hydrogens is 240 g/mol. The van der Waals surface area contributed by atoms with E-state index in [9.17, 15) is 4.79 Å². The van der Waals surface area contributed by atoms with Crippen molar-refractivity contribution in [3.8, 4) is 5.75 Å². The van der Waals surface area contributed by atoms with E-state index in [2.05, 4.69) is 18.3 Å². The quantitative estimate of drug-likeness (QED) is 0.900. The summed E-state index contributed by atoms with van der Waals surface area (Å²) in [4.78, 5) is 14.0. The van der Waals surface area contributed by atoms with Gasteiger partial charge >= 0.3 is 0 Å². The molecule has 102 valence electrons. The zero-order valence-corrected chi connectivity index (χ0v) is 11.3. The Hall–Kier alpha value is -1.55. The predicted molar refractivity (Wildman–Crippen MR) is 74.7 cm³/mol. The smallest absolute Gasteiger partial charge is 0.228 e. The van der Waals surface area contributed by atoms with Crippen molar-refractivity contribution in [3.05, 3.63) is 23.8 Å². The molecule has 1 unspecified atom stereocenters. The zero-order valence-electron chi connectivity index (χ0n) is 11.3. The average molecular weight is 260 g/mol. The number of benzene rings is 1. The van der Waals surface area contributed by atoms with Gasteiger partial charge in [-0.1, -0.05) is 6.92 Å². The van der Waals surface area contributed by atoms with Crippen molar-refractivity contribution in [2.24, 2.45) is 0 Å². The van der Waals surface area contributed by atoms with Crippen molar-refractivity contribution >= 4 is 11.6 Å². The van der Waals surface area contributed by atoms with Crippen molar-refractivity contribution in [2.75, 3.05) is 24.6 Å². The molecule has 3 rings (SSSR count). The highest BCUT2D eigenvalue weighted by Crippen LogP contribution is 2.30. The molecule has 1 amide bonds. The van der Waals surface area contributed by atoms with Gasteiger partial charge in [-0.25, -0.2) is 0 Å². The highest BCUT2D eigenvalue weighted by Gasteiger charge is 2.30. The molecule has 1 fully saturated rings. The van der Waals surface area contributed by atoms with Crippen LogP contribution in [0.25, 0.3) is 0 Å². The first-order valence-corrected chi connectivity index (χ1v) is 7.07. The zero-order chi connectivity index (χ0) is 13.2. The lowest BCUT2D eigenvalue weighted by atomic mass is 10.1. The first-order chi connectivity index (χ1) is 9.28. The van der Waals surface area contributed by atoms with Crippen LogP contribution >= 0.6 is 0 Å². The summed E-state index contributed by atoms with van der Waals surface area (Å²) in [7, 11) is 0. The van der Waals surface area contributed by atoms with E-state index in [1.54, 1.807) is 0 Å². The predicted octanol–water partition coefficient (Wildman–Crippen LogP) is 1.73. The topological polar surface area (TPSA) is 41.6 Å². The lowest BCUT2D eigenvalue weighted by molar-refractivity contribution is -0.117. The van der Waals surface area contributed by atoms with Crippen LogP contribution in [0.2, 0.25) is 0 Å². The van der Waals surface area contributed by atoms with Crippen molar-refractivity contribution in [2.45, 2.75) is 32.2 Å². The lowest BCUT2D eigenvalue weighted by Crippen LogP contribution is -2.32. The maximum atomic E-state index is 12.1. The fraction of sp³-hybridized carbons (Fsp3) is 0.533. The molecule has 4 heteroatoms. The molecule has 2 aliphatic rings. The van der Waals surface area contributed by atoms with E-state index in [4.69, 9.17) is 4.74 Å². The fourth-order valence-corrected chi connectivity index (χ4v) is 2.90. The van der Waals surface area contributed by atoms with Gasteiger partial charge in [-0.05, 0) is 43.1 Å². The van der Waals surface area contributed by atoms with Gasteiger partial charge in [0.1, 0.15) is 5.75 Å². The summed E-state index contributed by atoms with van der Waals surface area (Å²) < 4.78 is 5.61. The number of likely N-dealkylation sites (N-methyl/N-ethyl adjacent to an activating group) is 1. The number of nitrogens with one attached hydrogen (secondary N) is 1. The Bertz CT molecular complexity index is 487. The van der Waals surface area contributed by atoms with Gasteiger partial charge in [-0.2, -0.15) is 0 Å². The Labute approximate surface area is 113 Å². The second-order valence-electron chi connectivity index (χ2n) is 5.21. The Morgan fingerprint density at radius 2 is 2.37 bits per heavy atom. The van der Waals surface area contributed by atoms with Crippen LogP contribution < -0.4 is 15.0 Å². The number of aryl methyl sites for hydroxylation is 1. The van der Waals surface area contributed by atoms with Crippen LogP contribution in [0.15, 0.2) is 18.2 Å². The molecule has 0 aromatic heterocycles. The van der Waals surface area contributed by atoms with Crippen LogP contribution in [0, 0.1) is 0 Å². The van der Waals surface area contributed by atoms with Crippen molar-refractivity contribution in [3.63, 3.8) is 0 Å². The number of nitrogens with zero attached hydrogens (tertiary/aromatic N) is 1. The minimum atomic E-state index is 0.211. The molecule has 0 aliphatic carbocycles. The minimum absolute atomic E-state index is 0.211. The van der Waals surface area contributed by atoms with E-state index < -0.39 is 0 Å². The molecule has 2 aliphatic heterocycles. The van der Waals surface area contributed by atoms with Crippen molar-refractivity contribution < 1.29 is 9.53 Å². The van der Waals surface area contributed by atoms with E-state index in [-0.39, 0.29) is 11.9 Å². The van der Waals surface area contributed by atoms with Crippen LogP contribution in [0.1, 0.15) is 25.3 Å². The minimum Gasteiger partial charge on any atom is -0.493 e. The molecule has 0 spiro atoms. The maximum absolute atomic E-state index is 12.1. The molecule has 1 aromatic carbocycles. The number of rotatable bonds is 3. The van der Waals surface area contributed by atoms with Gasteiger partial charge in [0, 0.05) is 24.7 Å². The number of amides is 1. The summed E-state index contributed by atoms with van der Waals surface area (Å²) in [5, 5.41) is 3.35. The maximum Gasteiger partial charge on any atom is 0.228 e. The third-order valence-corrected chi connectivity index (χ3v) is 3.82. The lowest BCUT2D eigenvalue weighted by Gasteiger charge is -2.22. The molecular formula is C15H20N2O2. The molecule has 2 heterocycles. The van der Waals surface area contributed by atoms with Crippen LogP contribution in [-0.4, -0.2) is 31.6 Å². The highest BCUT2D eigenvalue weighted by atomic mass is 16.5. The van der Waals surface area contributed by atoms with Crippen LogP contribution in [-0.2, 0) is 11.2 Å². The first kappa shape index (κ1) is 12.5. The average Bonchev–Trinajstić information content (AvgIpc) is 2.79. The Morgan fingerprint density at radius 3 is 3.21 bits per heavy atom. The molecule has 4 nitrogen and oxygen atoms in total. The third-order valence-electron chi connectivity index (χ3n) is 3.82. The van der Waals surface area contributed by atoms with Crippen molar-refractivity contribution in [1.29, 1.82) is 0 Å². The molecule has 1 aromatic rings. The summed E-state index contributed by atoms with van der Waals surface area (Å²) in [5.74, 6) is 1.19. The number of carbonyl (C=O) groups is 1. The summed E-state index contributed by atoms with van der Waals surface area (Å²) in [6.07, 6.45) is 2.70. The van der Waals surface area contributed by atoms with Crippen LogP contribution in [0.3, 0.4) is 0 Å². The Morgan fingerprint density at radius 1 is 1.47 bits per heavy atom. The molecule has 0 saturated carbocycles. The number of anilines is 1. The third kappa shape index (κ3) is 2.45. The second kappa shape index (κ2) is 5.21. The fourth-order valence-electron chi connectivity index (χ4n) is 2.90. The summed E-state index contributed by atoms with van der Waals surface area (Å²) in [6, 6.07) is 6.39. The van der Waals surface area contributed by atoms with Crippen molar-refractivity contribution in [1.82, 2.24) is 5.32 Å². The molecule has 1 atom stereocenters. The SMILES string of the molecule is CCNC1CC(=O)N(c2ccc3c(c2)CCCO3)C1. The monoisotopic (exact) mass is 260 g/mol. The van der Waals surface area contributed by atoms with E-state index in [1.807, 2.05) is 17.0 Å². The van der Waals surface area contributed by atoms with Gasteiger partial charge in [0.05, 0.1) is 6.61 Å². The van der Waals surface area contributed by atoms with Crippen LogP contribution in [0.4, 0.5) is 5.69 Å². The van der Waals surface area contributed by atoms with Gasteiger partial charge in [0.15, 0.2) is 0 Å². The number of hydrogen-bond acceptors (Lipinski definition) is 3. The summed E-state index contributed by atoms with van der Waals surface area (Å²) in [5.41, 5.74) is 2.23. The summed E-state index contributed by atoms with van der Waals surface area (Å²) >= 11 is 0. The standard InChI is InChI=1S/C15H20N2O2/c1-2-16-12-9-15(18)17(10-12)13-5-6-14-11(8-13)4-3-7-19-14/h5-6,8,12,16H,2-4,7,9-10H2,1H3. The molecule has 0 bridgehead atoms. The number of fused-ring (bicyclic) bond motifs is 1. The van der Waals surface area contributed by atoms with E-state index in [0.717, 1.165) is 44.0 Å².